The quantitative estimate of drug-likeness (QED) is 0.483. The molecule has 1 aliphatic heterocycles. The average molecular weight is 445 g/mol. The minimum atomic E-state index is -0.303. The second kappa shape index (κ2) is 9.46. The fourth-order valence-corrected chi connectivity index (χ4v) is 4.06. The Kier molecular flexibility index (Phi) is 6.08. The van der Waals surface area contributed by atoms with E-state index in [-0.39, 0.29) is 11.4 Å². The first-order chi connectivity index (χ1) is 16.2. The molecule has 1 N–H and O–H groups in total. The molecular weight excluding hydrogens is 421 g/mol. The van der Waals surface area contributed by atoms with Crippen molar-refractivity contribution in [3.05, 3.63) is 82.7 Å². The van der Waals surface area contributed by atoms with Gasteiger partial charge in [0, 0.05) is 44.3 Å². The van der Waals surface area contributed by atoms with Gasteiger partial charge in [-0.15, -0.1) is 0 Å². The molecule has 4 aromatic rings. The molecule has 1 aliphatic rings. The van der Waals surface area contributed by atoms with Crippen LogP contribution in [-0.2, 0) is 17.8 Å². The van der Waals surface area contributed by atoms with Crippen LogP contribution in [-0.4, -0.2) is 32.7 Å². The van der Waals surface area contributed by atoms with Crippen LogP contribution >= 0.6 is 0 Å². The van der Waals surface area contributed by atoms with Gasteiger partial charge in [0.15, 0.2) is 11.5 Å². The van der Waals surface area contributed by atoms with E-state index in [1.165, 1.54) is 12.1 Å². The van der Waals surface area contributed by atoms with E-state index >= 15 is 0 Å². The molecule has 5 rings (SSSR count). The standard InChI is InChI=1S/C25H24FN5O2/c26-20-3-1-19(2-4-20)21-5-6-22-24(30-21)31(16-18-9-13-33-14-10-18)25(32)23(29-22)28-15-17-7-11-27-12-8-17/h1-8,11-12,18H,9-10,13-16H2,(H,28,29). The zero-order chi connectivity index (χ0) is 22.6. The Morgan fingerprint density at radius 2 is 1.76 bits per heavy atom. The van der Waals surface area contributed by atoms with Gasteiger partial charge in [0.25, 0.3) is 5.56 Å². The molecule has 1 saturated heterocycles. The second-order valence-corrected chi connectivity index (χ2v) is 8.19. The SMILES string of the molecule is O=c1c(NCc2ccncc2)nc2ccc(-c3ccc(F)cc3)nc2n1CC1CCOCC1. The van der Waals surface area contributed by atoms with E-state index in [4.69, 9.17) is 9.72 Å². The van der Waals surface area contributed by atoms with Crippen molar-refractivity contribution in [3.63, 3.8) is 0 Å². The molecule has 0 saturated carbocycles. The van der Waals surface area contributed by atoms with Crippen molar-refractivity contribution in [2.24, 2.45) is 5.92 Å². The van der Waals surface area contributed by atoms with Crippen molar-refractivity contribution in [2.45, 2.75) is 25.9 Å². The molecule has 0 aliphatic carbocycles. The van der Waals surface area contributed by atoms with Crippen LogP contribution < -0.4 is 10.9 Å². The van der Waals surface area contributed by atoms with Crippen LogP contribution in [0.4, 0.5) is 10.2 Å². The number of benzene rings is 1. The maximum Gasteiger partial charge on any atom is 0.294 e. The lowest BCUT2D eigenvalue weighted by atomic mass is 10.0. The summed E-state index contributed by atoms with van der Waals surface area (Å²) >= 11 is 0. The zero-order valence-corrected chi connectivity index (χ0v) is 18.1. The lowest BCUT2D eigenvalue weighted by Crippen LogP contribution is -2.30. The van der Waals surface area contributed by atoms with Crippen LogP contribution in [0.1, 0.15) is 18.4 Å². The Hall–Kier alpha value is -3.65. The number of halogens is 1. The number of fused-ring (bicyclic) bond motifs is 1. The number of nitrogens with one attached hydrogen (secondary N) is 1. The summed E-state index contributed by atoms with van der Waals surface area (Å²) in [6, 6.07) is 13.7. The van der Waals surface area contributed by atoms with Gasteiger partial charge in [0.1, 0.15) is 11.3 Å². The number of hydrogen-bond acceptors (Lipinski definition) is 6. The average Bonchev–Trinajstić information content (AvgIpc) is 2.86. The van der Waals surface area contributed by atoms with Crippen molar-refractivity contribution in [2.75, 3.05) is 18.5 Å². The van der Waals surface area contributed by atoms with Crippen LogP contribution in [0.5, 0.6) is 0 Å². The summed E-state index contributed by atoms with van der Waals surface area (Å²) in [7, 11) is 0. The van der Waals surface area contributed by atoms with Crippen molar-refractivity contribution in [1.29, 1.82) is 0 Å². The van der Waals surface area contributed by atoms with E-state index in [0.29, 0.717) is 54.9 Å². The summed E-state index contributed by atoms with van der Waals surface area (Å²) in [5.74, 6) is 0.316. The highest BCUT2D eigenvalue weighted by Crippen LogP contribution is 2.23. The Bertz CT molecular complexity index is 1300. The summed E-state index contributed by atoms with van der Waals surface area (Å²) in [6.07, 6.45) is 5.23. The lowest BCUT2D eigenvalue weighted by Gasteiger charge is -2.23. The molecule has 1 aromatic carbocycles. The molecule has 0 bridgehead atoms. The molecule has 0 atom stereocenters. The van der Waals surface area contributed by atoms with Gasteiger partial charge >= 0.3 is 0 Å². The van der Waals surface area contributed by atoms with E-state index in [2.05, 4.69) is 15.3 Å². The van der Waals surface area contributed by atoms with Gasteiger partial charge in [-0.05, 0) is 72.9 Å². The summed E-state index contributed by atoms with van der Waals surface area (Å²) in [4.78, 5) is 26.9. The van der Waals surface area contributed by atoms with Gasteiger partial charge in [-0.2, -0.15) is 0 Å². The largest absolute Gasteiger partial charge is 0.381 e. The molecular formula is C25H24FN5O2. The summed E-state index contributed by atoms with van der Waals surface area (Å²) in [5.41, 5.74) is 3.41. The first-order valence-corrected chi connectivity index (χ1v) is 11.1. The molecule has 0 amide bonds. The van der Waals surface area contributed by atoms with Gasteiger partial charge in [-0.3, -0.25) is 14.3 Å². The molecule has 0 unspecified atom stereocenters. The van der Waals surface area contributed by atoms with Crippen LogP contribution in [0.15, 0.2) is 65.7 Å². The summed E-state index contributed by atoms with van der Waals surface area (Å²) < 4.78 is 20.6. The number of aromatic nitrogens is 4. The third kappa shape index (κ3) is 4.75. The number of hydrogen-bond donors (Lipinski definition) is 1. The number of rotatable bonds is 6. The van der Waals surface area contributed by atoms with Gasteiger partial charge in [0.2, 0.25) is 0 Å². The molecule has 1 fully saturated rings. The molecule has 168 valence electrons. The van der Waals surface area contributed by atoms with Crippen molar-refractivity contribution < 1.29 is 9.13 Å². The Labute approximate surface area is 190 Å². The van der Waals surface area contributed by atoms with Crippen LogP contribution in [0.2, 0.25) is 0 Å². The van der Waals surface area contributed by atoms with Gasteiger partial charge in [-0.25, -0.2) is 14.4 Å². The normalized spacial score (nSPS) is 14.5. The molecule has 0 radical (unpaired) electrons. The van der Waals surface area contributed by atoms with Gasteiger partial charge in [0.05, 0.1) is 5.69 Å². The number of nitrogens with zero attached hydrogens (tertiary/aromatic N) is 4. The summed E-state index contributed by atoms with van der Waals surface area (Å²) in [5, 5.41) is 3.19. The zero-order valence-electron chi connectivity index (χ0n) is 18.1. The van der Waals surface area contributed by atoms with E-state index in [1.807, 2.05) is 24.3 Å². The molecule has 33 heavy (non-hydrogen) atoms. The first kappa shape index (κ1) is 21.2. The number of ether oxygens (including phenoxy) is 1. The molecule has 7 nitrogen and oxygen atoms in total. The minimum absolute atomic E-state index is 0.202. The van der Waals surface area contributed by atoms with Crippen LogP contribution in [0.25, 0.3) is 22.4 Å². The van der Waals surface area contributed by atoms with E-state index < -0.39 is 0 Å². The molecule has 3 aromatic heterocycles. The van der Waals surface area contributed by atoms with E-state index in [1.54, 1.807) is 29.1 Å². The number of anilines is 1. The monoisotopic (exact) mass is 445 g/mol. The Balaban J connectivity index is 1.56. The Morgan fingerprint density at radius 3 is 2.52 bits per heavy atom. The lowest BCUT2D eigenvalue weighted by molar-refractivity contribution is 0.0613. The van der Waals surface area contributed by atoms with Crippen molar-refractivity contribution in [3.8, 4) is 11.3 Å². The second-order valence-electron chi connectivity index (χ2n) is 8.19. The van der Waals surface area contributed by atoms with Gasteiger partial charge < -0.3 is 10.1 Å². The van der Waals surface area contributed by atoms with Crippen LogP contribution in [0.3, 0.4) is 0 Å². The Morgan fingerprint density at radius 1 is 1.00 bits per heavy atom. The highest BCUT2D eigenvalue weighted by Gasteiger charge is 2.19. The maximum absolute atomic E-state index is 13.5. The predicted molar refractivity (Wildman–Crippen MR) is 124 cm³/mol. The maximum atomic E-state index is 13.5. The van der Waals surface area contributed by atoms with Crippen LogP contribution in [0, 0.1) is 11.7 Å². The first-order valence-electron chi connectivity index (χ1n) is 11.1. The van der Waals surface area contributed by atoms with Gasteiger partial charge in [-0.1, -0.05) is 0 Å². The highest BCUT2D eigenvalue weighted by molar-refractivity contribution is 5.76. The molecule has 4 heterocycles. The third-order valence-electron chi connectivity index (χ3n) is 5.92. The number of pyridine rings is 2. The van der Waals surface area contributed by atoms with E-state index in [9.17, 15) is 9.18 Å². The third-order valence-corrected chi connectivity index (χ3v) is 5.92. The summed E-state index contributed by atoms with van der Waals surface area (Å²) in [6.45, 7) is 2.41. The highest BCUT2D eigenvalue weighted by atomic mass is 19.1. The fraction of sp³-hybridized carbons (Fsp3) is 0.280. The van der Waals surface area contributed by atoms with E-state index in [0.717, 1.165) is 24.0 Å². The smallest absolute Gasteiger partial charge is 0.294 e. The topological polar surface area (TPSA) is 81.9 Å². The fourth-order valence-electron chi connectivity index (χ4n) is 4.06. The molecule has 8 heteroatoms. The predicted octanol–water partition coefficient (Wildman–Crippen LogP) is 4.03. The molecule has 0 spiro atoms. The van der Waals surface area contributed by atoms with Crippen molar-refractivity contribution in [1.82, 2.24) is 19.5 Å². The van der Waals surface area contributed by atoms with Crippen molar-refractivity contribution >= 4 is 17.0 Å². The minimum Gasteiger partial charge on any atom is -0.381 e.